The second-order valence-electron chi connectivity index (χ2n) is 7.18. The van der Waals surface area contributed by atoms with Crippen molar-refractivity contribution in [2.45, 2.75) is 30.2 Å². The fourth-order valence-electron chi connectivity index (χ4n) is 4.98. The van der Waals surface area contributed by atoms with Crippen LogP contribution in [0.15, 0.2) is 32.7 Å². The summed E-state index contributed by atoms with van der Waals surface area (Å²) in [4.78, 5) is 28.0. The molecule has 2 heterocycles. The minimum Gasteiger partial charge on any atom is -0.307 e. The predicted octanol–water partition coefficient (Wildman–Crippen LogP) is 0.635. The summed E-state index contributed by atoms with van der Waals surface area (Å²) in [5.74, 6) is 1.69. The SMILES string of the molecule is O=c1[nH]c(=O)c2cc(S(=O)(=O)N3C[C@@H]4[C@H]5CC[C@@H](C5)[C@@H]43)ccc2[nH]1. The zero-order chi connectivity index (χ0) is 16.6. The first-order valence-corrected chi connectivity index (χ1v) is 9.67. The zero-order valence-electron chi connectivity index (χ0n) is 12.9. The summed E-state index contributed by atoms with van der Waals surface area (Å²) in [5.41, 5.74) is -0.841. The summed E-state index contributed by atoms with van der Waals surface area (Å²) in [5, 5.41) is 0.181. The van der Waals surface area contributed by atoms with Crippen LogP contribution >= 0.6 is 0 Å². The third-order valence-electron chi connectivity index (χ3n) is 6.08. The summed E-state index contributed by atoms with van der Waals surface area (Å²) in [6.45, 7) is 0.591. The van der Waals surface area contributed by atoms with E-state index in [0.29, 0.717) is 29.8 Å². The summed E-state index contributed by atoms with van der Waals surface area (Å²) < 4.78 is 27.6. The largest absolute Gasteiger partial charge is 0.326 e. The molecule has 7 nitrogen and oxygen atoms in total. The lowest BCUT2D eigenvalue weighted by Crippen LogP contribution is -2.60. The first kappa shape index (κ1) is 14.4. The van der Waals surface area contributed by atoms with Crippen LogP contribution in [0, 0.1) is 17.8 Å². The number of fused-ring (bicyclic) bond motifs is 6. The molecule has 1 aromatic heterocycles. The number of aromatic amines is 2. The standard InChI is InChI=1S/C16H17N3O4S/c20-15-11-6-10(3-4-13(11)17-16(21)18-15)24(22,23)19-7-12-8-1-2-9(5-8)14(12)19/h3-4,6,8-9,12,14H,1-2,5,7H2,(H2,17,18,20,21)/t8-,9-,12+,14-/m0/s1. The van der Waals surface area contributed by atoms with Crippen molar-refractivity contribution >= 4 is 20.9 Å². The van der Waals surface area contributed by atoms with Crippen molar-refractivity contribution in [1.82, 2.24) is 14.3 Å². The number of aromatic nitrogens is 2. The first-order valence-electron chi connectivity index (χ1n) is 8.23. The minimum atomic E-state index is -3.61. The molecule has 8 heteroatoms. The molecular formula is C16H17N3O4S. The van der Waals surface area contributed by atoms with Gasteiger partial charge in [0.1, 0.15) is 0 Å². The van der Waals surface area contributed by atoms with Crippen molar-refractivity contribution in [3.63, 3.8) is 0 Å². The molecule has 0 spiro atoms. The van der Waals surface area contributed by atoms with Gasteiger partial charge in [-0.25, -0.2) is 13.2 Å². The van der Waals surface area contributed by atoms with Crippen LogP contribution < -0.4 is 11.2 Å². The number of hydrogen-bond donors (Lipinski definition) is 2. The molecule has 2 N–H and O–H groups in total. The van der Waals surface area contributed by atoms with Crippen molar-refractivity contribution in [3.05, 3.63) is 39.0 Å². The van der Waals surface area contributed by atoms with Crippen LogP contribution in [0.5, 0.6) is 0 Å². The Labute approximate surface area is 137 Å². The normalized spacial score (nSPS) is 32.0. The van der Waals surface area contributed by atoms with Gasteiger partial charge in [0, 0.05) is 12.6 Å². The third kappa shape index (κ3) is 1.78. The highest BCUT2D eigenvalue weighted by atomic mass is 32.2. The van der Waals surface area contributed by atoms with E-state index >= 15 is 0 Å². The van der Waals surface area contributed by atoms with Crippen molar-refractivity contribution in [1.29, 1.82) is 0 Å². The molecule has 0 amide bonds. The molecule has 5 rings (SSSR count). The van der Waals surface area contributed by atoms with Crippen LogP contribution in [-0.2, 0) is 10.0 Å². The van der Waals surface area contributed by atoms with Gasteiger partial charge in [-0.05, 0) is 55.2 Å². The average Bonchev–Trinajstić information content (AvgIpc) is 3.02. The number of H-pyrrole nitrogens is 2. The predicted molar refractivity (Wildman–Crippen MR) is 87.2 cm³/mol. The van der Waals surface area contributed by atoms with Crippen LogP contribution in [0.3, 0.4) is 0 Å². The number of nitrogens with zero attached hydrogens (tertiary/aromatic N) is 1. The summed E-state index contributed by atoms with van der Waals surface area (Å²) >= 11 is 0. The van der Waals surface area contributed by atoms with Gasteiger partial charge in [-0.15, -0.1) is 0 Å². The third-order valence-corrected chi connectivity index (χ3v) is 7.94. The van der Waals surface area contributed by atoms with E-state index in [-0.39, 0.29) is 16.3 Å². The summed E-state index contributed by atoms with van der Waals surface area (Å²) in [6, 6.07) is 4.45. The molecule has 1 aromatic carbocycles. The van der Waals surface area contributed by atoms with Crippen molar-refractivity contribution < 1.29 is 8.42 Å². The first-order chi connectivity index (χ1) is 11.4. The van der Waals surface area contributed by atoms with E-state index < -0.39 is 21.3 Å². The molecule has 3 aliphatic rings. The average molecular weight is 347 g/mol. The second kappa shape index (κ2) is 4.58. The molecule has 2 aromatic rings. The van der Waals surface area contributed by atoms with Gasteiger partial charge < -0.3 is 4.98 Å². The van der Waals surface area contributed by atoms with Crippen molar-refractivity contribution in [2.75, 3.05) is 6.54 Å². The maximum absolute atomic E-state index is 13.0. The zero-order valence-corrected chi connectivity index (χ0v) is 13.7. The highest BCUT2D eigenvalue weighted by Crippen LogP contribution is 2.56. The van der Waals surface area contributed by atoms with E-state index in [9.17, 15) is 18.0 Å². The Balaban J connectivity index is 1.57. The van der Waals surface area contributed by atoms with Gasteiger partial charge in [0.05, 0.1) is 15.8 Å². The molecule has 0 unspecified atom stereocenters. The lowest BCUT2D eigenvalue weighted by Gasteiger charge is -2.49. The maximum Gasteiger partial charge on any atom is 0.326 e. The van der Waals surface area contributed by atoms with Gasteiger partial charge in [-0.1, -0.05) is 0 Å². The summed E-state index contributed by atoms with van der Waals surface area (Å²) in [7, 11) is -3.61. The van der Waals surface area contributed by atoms with Crippen molar-refractivity contribution in [2.24, 2.45) is 17.8 Å². The highest BCUT2D eigenvalue weighted by molar-refractivity contribution is 7.89. The van der Waals surface area contributed by atoms with Crippen LogP contribution in [-0.4, -0.2) is 35.3 Å². The smallest absolute Gasteiger partial charge is 0.307 e. The minimum absolute atomic E-state index is 0.119. The Morgan fingerprint density at radius 1 is 1.08 bits per heavy atom. The Kier molecular flexibility index (Phi) is 2.75. The van der Waals surface area contributed by atoms with Crippen molar-refractivity contribution in [3.8, 4) is 0 Å². The molecule has 3 fully saturated rings. The van der Waals surface area contributed by atoms with Gasteiger partial charge in [0.2, 0.25) is 10.0 Å². The molecule has 126 valence electrons. The Morgan fingerprint density at radius 2 is 1.88 bits per heavy atom. The van der Waals surface area contributed by atoms with E-state index in [0.717, 1.165) is 12.8 Å². The van der Waals surface area contributed by atoms with E-state index in [1.807, 2.05) is 0 Å². The second-order valence-corrected chi connectivity index (χ2v) is 9.07. The monoisotopic (exact) mass is 347 g/mol. The number of rotatable bonds is 2. The van der Waals surface area contributed by atoms with Gasteiger partial charge in [0.25, 0.3) is 5.56 Å². The molecule has 1 saturated heterocycles. The van der Waals surface area contributed by atoms with Gasteiger partial charge in [-0.2, -0.15) is 4.31 Å². The number of benzene rings is 1. The number of hydrogen-bond acceptors (Lipinski definition) is 4. The van der Waals surface area contributed by atoms with E-state index in [1.165, 1.54) is 24.6 Å². The molecule has 2 bridgehead atoms. The van der Waals surface area contributed by atoms with E-state index in [4.69, 9.17) is 0 Å². The quantitative estimate of drug-likeness (QED) is 0.832. The Bertz CT molecular complexity index is 1070. The Morgan fingerprint density at radius 3 is 2.67 bits per heavy atom. The van der Waals surface area contributed by atoms with Crippen LogP contribution in [0.25, 0.3) is 10.9 Å². The Hall–Kier alpha value is -1.93. The lowest BCUT2D eigenvalue weighted by molar-refractivity contribution is 0.0507. The van der Waals surface area contributed by atoms with Gasteiger partial charge in [-0.3, -0.25) is 9.78 Å². The van der Waals surface area contributed by atoms with E-state index in [1.54, 1.807) is 4.31 Å². The number of nitrogens with one attached hydrogen (secondary N) is 2. The van der Waals surface area contributed by atoms with Gasteiger partial charge in [0.15, 0.2) is 0 Å². The van der Waals surface area contributed by atoms with Gasteiger partial charge >= 0.3 is 5.69 Å². The lowest BCUT2D eigenvalue weighted by atomic mass is 9.79. The fourth-order valence-corrected chi connectivity index (χ4v) is 6.77. The molecule has 2 aliphatic carbocycles. The van der Waals surface area contributed by atoms with E-state index in [2.05, 4.69) is 9.97 Å². The van der Waals surface area contributed by atoms with Crippen LogP contribution in [0.1, 0.15) is 19.3 Å². The van der Waals surface area contributed by atoms with Crippen LogP contribution in [0.4, 0.5) is 0 Å². The molecule has 1 aliphatic heterocycles. The molecule has 24 heavy (non-hydrogen) atoms. The summed E-state index contributed by atoms with van der Waals surface area (Å²) in [6.07, 6.45) is 3.51. The number of sulfonamides is 1. The highest BCUT2D eigenvalue weighted by Gasteiger charge is 2.59. The fraction of sp³-hybridized carbons (Fsp3) is 0.500. The molecule has 0 radical (unpaired) electrons. The topological polar surface area (TPSA) is 103 Å². The molecule has 2 saturated carbocycles. The molecular weight excluding hydrogens is 330 g/mol. The van der Waals surface area contributed by atoms with Crippen LogP contribution in [0.2, 0.25) is 0 Å². The maximum atomic E-state index is 13.0. The molecule has 4 atom stereocenters.